The van der Waals surface area contributed by atoms with Crippen molar-refractivity contribution < 1.29 is 13.9 Å². The molecule has 29 heavy (non-hydrogen) atoms. The molecular weight excluding hydrogens is 417 g/mol. The fraction of sp³-hybridized carbons (Fsp3) is 0.0526. The number of anilines is 1. The Morgan fingerprint density at radius 2 is 1.93 bits per heavy atom. The number of benzene rings is 2. The number of thiazole rings is 1. The van der Waals surface area contributed by atoms with Crippen molar-refractivity contribution in [3.63, 3.8) is 0 Å². The number of hydrogen-bond acceptors (Lipinski definition) is 6. The highest BCUT2D eigenvalue weighted by Gasteiger charge is 2.17. The molecule has 1 amide bonds. The molecule has 1 N–H and O–H groups in total. The van der Waals surface area contributed by atoms with Gasteiger partial charge in [0.25, 0.3) is 5.91 Å². The third-order valence-electron chi connectivity index (χ3n) is 3.78. The molecule has 10 heteroatoms. The second-order valence-corrected chi connectivity index (χ2v) is 7.22. The molecule has 0 unspecified atom stereocenters. The molecule has 0 radical (unpaired) electrons. The molecule has 0 fully saturated rings. The number of carbonyl (C=O) groups excluding carboxylic acids is 1. The van der Waals surface area contributed by atoms with Crippen LogP contribution in [0.5, 0.6) is 5.75 Å². The molecule has 4 aromatic rings. The van der Waals surface area contributed by atoms with E-state index in [1.807, 2.05) is 12.1 Å². The molecular formula is C19H13ClFN5O2S. The molecule has 0 atom stereocenters. The Morgan fingerprint density at radius 1 is 1.17 bits per heavy atom. The van der Waals surface area contributed by atoms with Crippen LogP contribution >= 0.6 is 22.9 Å². The minimum Gasteiger partial charge on any atom is -0.484 e. The predicted molar refractivity (Wildman–Crippen MR) is 108 cm³/mol. The van der Waals surface area contributed by atoms with Crippen molar-refractivity contribution in [3.8, 4) is 22.0 Å². The summed E-state index contributed by atoms with van der Waals surface area (Å²) in [6, 6.07) is 12.6. The number of ether oxygens (including phenoxy) is 1. The highest BCUT2D eigenvalue weighted by molar-refractivity contribution is 7.18. The first kappa shape index (κ1) is 19.0. The van der Waals surface area contributed by atoms with E-state index in [9.17, 15) is 9.18 Å². The van der Waals surface area contributed by atoms with Crippen LogP contribution in [0.15, 0.2) is 61.2 Å². The van der Waals surface area contributed by atoms with Gasteiger partial charge in [-0.25, -0.2) is 19.0 Å². The molecule has 4 rings (SSSR count). The van der Waals surface area contributed by atoms with Crippen LogP contribution in [0.2, 0.25) is 5.02 Å². The van der Waals surface area contributed by atoms with E-state index >= 15 is 0 Å². The first-order valence-corrected chi connectivity index (χ1v) is 9.58. The largest absolute Gasteiger partial charge is 0.484 e. The van der Waals surface area contributed by atoms with Gasteiger partial charge < -0.3 is 4.74 Å². The van der Waals surface area contributed by atoms with E-state index in [0.29, 0.717) is 26.6 Å². The standard InChI is InChI=1S/C19H13ClFN5O2S/c20-13-3-1-12(2-4-13)17-18(26-11-22-10-23-26)29-19(25-17)24-16(27)9-28-15-7-5-14(21)6-8-15/h1-8,10-11H,9H2,(H,24,25,27). The van der Waals surface area contributed by atoms with E-state index in [-0.39, 0.29) is 12.4 Å². The summed E-state index contributed by atoms with van der Waals surface area (Å²) in [5.41, 5.74) is 1.45. The third-order valence-corrected chi connectivity index (χ3v) is 5.00. The fourth-order valence-electron chi connectivity index (χ4n) is 2.46. The first-order chi connectivity index (χ1) is 14.1. The van der Waals surface area contributed by atoms with Crippen LogP contribution in [0.25, 0.3) is 16.3 Å². The quantitative estimate of drug-likeness (QED) is 0.496. The molecule has 0 aliphatic carbocycles. The van der Waals surface area contributed by atoms with Gasteiger partial charge in [0.1, 0.15) is 34.9 Å². The third kappa shape index (κ3) is 4.58. The molecule has 146 valence electrons. The van der Waals surface area contributed by atoms with E-state index < -0.39 is 5.91 Å². The molecule has 0 saturated heterocycles. The van der Waals surface area contributed by atoms with Gasteiger partial charge in [-0.05, 0) is 36.4 Å². The summed E-state index contributed by atoms with van der Waals surface area (Å²) in [5, 5.41) is 8.54. The average Bonchev–Trinajstić information content (AvgIpc) is 3.38. The second-order valence-electron chi connectivity index (χ2n) is 5.81. The summed E-state index contributed by atoms with van der Waals surface area (Å²) in [7, 11) is 0. The average molecular weight is 430 g/mol. The molecule has 2 aromatic heterocycles. The van der Waals surface area contributed by atoms with Crippen molar-refractivity contribution in [3.05, 3.63) is 72.0 Å². The molecule has 0 bridgehead atoms. The summed E-state index contributed by atoms with van der Waals surface area (Å²) in [4.78, 5) is 20.7. The summed E-state index contributed by atoms with van der Waals surface area (Å²) in [6.07, 6.45) is 2.97. The maximum absolute atomic E-state index is 12.9. The first-order valence-electron chi connectivity index (χ1n) is 8.38. The van der Waals surface area contributed by atoms with Gasteiger partial charge in [-0.3, -0.25) is 10.1 Å². The summed E-state index contributed by atoms with van der Waals surface area (Å²) in [5.74, 6) is -0.373. The second kappa shape index (κ2) is 8.38. The Hall–Kier alpha value is -3.30. The molecule has 0 saturated carbocycles. The van der Waals surface area contributed by atoms with Crippen molar-refractivity contribution in [2.24, 2.45) is 0 Å². The SMILES string of the molecule is O=C(COc1ccc(F)cc1)Nc1nc(-c2ccc(Cl)cc2)c(-n2cncn2)s1. The van der Waals surface area contributed by atoms with E-state index in [1.54, 1.807) is 23.1 Å². The van der Waals surface area contributed by atoms with Gasteiger partial charge in [-0.15, -0.1) is 0 Å². The van der Waals surface area contributed by atoms with Crippen molar-refractivity contribution in [1.29, 1.82) is 0 Å². The lowest BCUT2D eigenvalue weighted by Gasteiger charge is -2.05. The molecule has 0 aliphatic rings. The van der Waals surface area contributed by atoms with Gasteiger partial charge >= 0.3 is 0 Å². The number of halogens is 2. The predicted octanol–water partition coefficient (Wildman–Crippen LogP) is 4.20. The van der Waals surface area contributed by atoms with E-state index in [2.05, 4.69) is 20.4 Å². The molecule has 0 spiro atoms. The lowest BCUT2D eigenvalue weighted by atomic mass is 10.2. The number of carbonyl (C=O) groups is 1. The van der Waals surface area contributed by atoms with Crippen molar-refractivity contribution in [1.82, 2.24) is 19.7 Å². The summed E-state index contributed by atoms with van der Waals surface area (Å²) in [6.45, 7) is -0.236. The zero-order chi connectivity index (χ0) is 20.2. The van der Waals surface area contributed by atoms with Crippen LogP contribution in [0.1, 0.15) is 0 Å². The minimum atomic E-state index is -0.393. The molecule has 7 nitrogen and oxygen atoms in total. The summed E-state index contributed by atoms with van der Waals surface area (Å²) >= 11 is 7.22. The maximum Gasteiger partial charge on any atom is 0.264 e. The Morgan fingerprint density at radius 3 is 2.62 bits per heavy atom. The van der Waals surface area contributed by atoms with Gasteiger partial charge in [-0.1, -0.05) is 35.1 Å². The van der Waals surface area contributed by atoms with Crippen molar-refractivity contribution in [2.75, 3.05) is 11.9 Å². The van der Waals surface area contributed by atoms with Gasteiger partial charge in [0.05, 0.1) is 0 Å². The number of hydrogen-bond donors (Lipinski definition) is 1. The summed E-state index contributed by atoms with van der Waals surface area (Å²) < 4.78 is 19.9. The van der Waals surface area contributed by atoms with Gasteiger partial charge in [0.2, 0.25) is 0 Å². The number of rotatable bonds is 6. The van der Waals surface area contributed by atoms with Gasteiger partial charge in [-0.2, -0.15) is 5.10 Å². The van der Waals surface area contributed by atoms with E-state index in [1.165, 1.54) is 41.9 Å². The number of amides is 1. The van der Waals surface area contributed by atoms with Gasteiger partial charge in [0.15, 0.2) is 11.7 Å². The maximum atomic E-state index is 12.9. The van der Waals surface area contributed by atoms with Crippen molar-refractivity contribution in [2.45, 2.75) is 0 Å². The zero-order valence-corrected chi connectivity index (χ0v) is 16.3. The van der Waals surface area contributed by atoms with Crippen LogP contribution < -0.4 is 10.1 Å². The van der Waals surface area contributed by atoms with Gasteiger partial charge in [0, 0.05) is 10.6 Å². The molecule has 2 aromatic carbocycles. The minimum absolute atomic E-state index is 0.236. The number of nitrogens with one attached hydrogen (secondary N) is 1. The van der Waals surface area contributed by atoms with E-state index in [4.69, 9.17) is 16.3 Å². The normalized spacial score (nSPS) is 10.7. The number of aromatic nitrogens is 4. The zero-order valence-electron chi connectivity index (χ0n) is 14.8. The number of nitrogens with zero attached hydrogens (tertiary/aromatic N) is 4. The van der Waals surface area contributed by atoms with Crippen LogP contribution in [0.3, 0.4) is 0 Å². The van der Waals surface area contributed by atoms with Crippen LogP contribution in [-0.2, 0) is 4.79 Å². The van der Waals surface area contributed by atoms with E-state index in [0.717, 1.165) is 5.56 Å². The smallest absolute Gasteiger partial charge is 0.264 e. The monoisotopic (exact) mass is 429 g/mol. The Bertz CT molecular complexity index is 1110. The lowest BCUT2D eigenvalue weighted by molar-refractivity contribution is -0.118. The highest BCUT2D eigenvalue weighted by Crippen LogP contribution is 2.34. The molecule has 2 heterocycles. The van der Waals surface area contributed by atoms with Crippen LogP contribution in [-0.4, -0.2) is 32.3 Å². The molecule has 0 aliphatic heterocycles. The fourth-order valence-corrected chi connectivity index (χ4v) is 3.52. The van der Waals surface area contributed by atoms with Crippen LogP contribution in [0, 0.1) is 5.82 Å². The lowest BCUT2D eigenvalue weighted by Crippen LogP contribution is -2.20. The highest BCUT2D eigenvalue weighted by atomic mass is 35.5. The topological polar surface area (TPSA) is 81.9 Å². The Labute approximate surface area is 173 Å². The van der Waals surface area contributed by atoms with Crippen molar-refractivity contribution >= 4 is 34.0 Å². The van der Waals surface area contributed by atoms with Crippen LogP contribution in [0.4, 0.5) is 9.52 Å². The Balaban J connectivity index is 1.53. The Kier molecular flexibility index (Phi) is 5.50.